The lowest BCUT2D eigenvalue weighted by molar-refractivity contribution is -0.121. The third-order valence-corrected chi connectivity index (χ3v) is 4.40. The summed E-state index contributed by atoms with van der Waals surface area (Å²) in [7, 11) is 1.60. The van der Waals surface area contributed by atoms with E-state index < -0.39 is 0 Å². The number of benzene rings is 1. The van der Waals surface area contributed by atoms with Gasteiger partial charge in [0.25, 0.3) is 0 Å². The van der Waals surface area contributed by atoms with E-state index in [0.717, 1.165) is 22.5 Å². The molecule has 0 unspecified atom stereocenters. The number of hydrogen-bond acceptors (Lipinski definition) is 4. The van der Waals surface area contributed by atoms with Crippen LogP contribution in [-0.2, 0) is 20.8 Å². The van der Waals surface area contributed by atoms with Gasteiger partial charge >= 0.3 is 5.97 Å². The molecule has 6 heteroatoms. The zero-order chi connectivity index (χ0) is 19.8. The third kappa shape index (κ3) is 5.44. The Morgan fingerprint density at radius 2 is 1.85 bits per heavy atom. The van der Waals surface area contributed by atoms with Crippen LogP contribution in [-0.4, -0.2) is 43.3 Å². The molecule has 0 bridgehead atoms. The fourth-order valence-electron chi connectivity index (χ4n) is 2.91. The predicted molar refractivity (Wildman–Crippen MR) is 105 cm³/mol. The van der Waals surface area contributed by atoms with Crippen LogP contribution in [0.15, 0.2) is 30.3 Å². The number of methoxy groups -OCH3 is 1. The molecule has 6 nitrogen and oxygen atoms in total. The van der Waals surface area contributed by atoms with E-state index in [0.29, 0.717) is 38.3 Å². The van der Waals surface area contributed by atoms with Gasteiger partial charge in [-0.1, -0.05) is 29.8 Å². The van der Waals surface area contributed by atoms with Gasteiger partial charge in [-0.2, -0.15) is 0 Å². The number of esters is 1. The molecular weight excluding hydrogens is 344 g/mol. The SMILES string of the molecule is CCOC(=O)c1cc(-c2ccc(C)cc2)n(CCC(=O)NCCOC)c1C. The van der Waals surface area contributed by atoms with Gasteiger partial charge in [0.15, 0.2) is 0 Å². The first-order valence-corrected chi connectivity index (χ1v) is 9.17. The molecule has 0 atom stereocenters. The highest BCUT2D eigenvalue weighted by atomic mass is 16.5. The molecule has 0 fully saturated rings. The maximum atomic E-state index is 12.3. The van der Waals surface area contributed by atoms with Gasteiger partial charge in [-0.3, -0.25) is 4.79 Å². The normalized spacial score (nSPS) is 10.7. The molecule has 1 heterocycles. The zero-order valence-electron chi connectivity index (χ0n) is 16.5. The van der Waals surface area contributed by atoms with E-state index >= 15 is 0 Å². The van der Waals surface area contributed by atoms with Crippen molar-refractivity contribution in [3.8, 4) is 11.3 Å². The monoisotopic (exact) mass is 372 g/mol. The molecule has 0 aliphatic carbocycles. The zero-order valence-corrected chi connectivity index (χ0v) is 16.5. The Morgan fingerprint density at radius 1 is 1.15 bits per heavy atom. The molecule has 1 amide bonds. The number of nitrogens with zero attached hydrogens (tertiary/aromatic N) is 1. The minimum absolute atomic E-state index is 0.0484. The molecular formula is C21H28N2O4. The number of carbonyl (C=O) groups is 2. The number of aryl methyl sites for hydroxylation is 1. The van der Waals surface area contributed by atoms with Crippen molar-refractivity contribution in [2.45, 2.75) is 33.7 Å². The molecule has 146 valence electrons. The van der Waals surface area contributed by atoms with Crippen molar-refractivity contribution in [1.29, 1.82) is 0 Å². The summed E-state index contributed by atoms with van der Waals surface area (Å²) in [6.45, 7) is 7.47. The fourth-order valence-corrected chi connectivity index (χ4v) is 2.91. The lowest BCUT2D eigenvalue weighted by Gasteiger charge is -2.12. The molecule has 1 N–H and O–H groups in total. The molecule has 2 rings (SSSR count). The number of nitrogens with one attached hydrogen (secondary N) is 1. The van der Waals surface area contributed by atoms with Crippen LogP contribution in [0, 0.1) is 13.8 Å². The van der Waals surface area contributed by atoms with E-state index in [1.54, 1.807) is 14.0 Å². The van der Waals surface area contributed by atoms with Crippen LogP contribution in [0.4, 0.5) is 0 Å². The van der Waals surface area contributed by atoms with E-state index in [9.17, 15) is 9.59 Å². The molecule has 1 aromatic heterocycles. The lowest BCUT2D eigenvalue weighted by Crippen LogP contribution is -2.27. The van der Waals surface area contributed by atoms with Crippen LogP contribution in [0.25, 0.3) is 11.3 Å². The average molecular weight is 372 g/mol. The summed E-state index contributed by atoms with van der Waals surface area (Å²) in [4.78, 5) is 24.4. The first-order valence-electron chi connectivity index (χ1n) is 9.17. The second-order valence-corrected chi connectivity index (χ2v) is 6.36. The first kappa shape index (κ1) is 20.7. The Balaban J connectivity index is 2.28. The van der Waals surface area contributed by atoms with Gasteiger partial charge in [0.05, 0.1) is 18.8 Å². The quantitative estimate of drug-likeness (QED) is 0.542. The van der Waals surface area contributed by atoms with Crippen molar-refractivity contribution >= 4 is 11.9 Å². The van der Waals surface area contributed by atoms with Gasteiger partial charge < -0.3 is 19.4 Å². The van der Waals surface area contributed by atoms with Gasteiger partial charge in [0, 0.05) is 38.0 Å². The van der Waals surface area contributed by atoms with Crippen LogP contribution in [0.5, 0.6) is 0 Å². The molecule has 0 saturated carbocycles. The summed E-state index contributed by atoms with van der Waals surface area (Å²) in [5.74, 6) is -0.389. The molecule has 1 aromatic carbocycles. The largest absolute Gasteiger partial charge is 0.462 e. The van der Waals surface area contributed by atoms with Crippen LogP contribution in [0.1, 0.15) is 35.0 Å². The van der Waals surface area contributed by atoms with E-state index in [-0.39, 0.29) is 11.9 Å². The van der Waals surface area contributed by atoms with Crippen LogP contribution >= 0.6 is 0 Å². The highest BCUT2D eigenvalue weighted by Gasteiger charge is 2.19. The molecule has 0 aliphatic rings. The minimum Gasteiger partial charge on any atom is -0.462 e. The first-order chi connectivity index (χ1) is 13.0. The predicted octanol–water partition coefficient (Wildman–Crippen LogP) is 3.10. The second-order valence-electron chi connectivity index (χ2n) is 6.36. The van der Waals surface area contributed by atoms with Gasteiger partial charge in [-0.05, 0) is 32.4 Å². The Hall–Kier alpha value is -2.60. The van der Waals surface area contributed by atoms with Gasteiger partial charge in [0.1, 0.15) is 0 Å². The number of hydrogen-bond donors (Lipinski definition) is 1. The van der Waals surface area contributed by atoms with E-state index in [1.807, 2.05) is 48.7 Å². The van der Waals surface area contributed by atoms with Crippen molar-refractivity contribution in [1.82, 2.24) is 9.88 Å². The van der Waals surface area contributed by atoms with Crippen LogP contribution in [0.2, 0.25) is 0 Å². The Kier molecular flexibility index (Phi) is 7.61. The molecule has 0 spiro atoms. The van der Waals surface area contributed by atoms with Crippen molar-refractivity contribution in [2.24, 2.45) is 0 Å². The summed E-state index contributed by atoms with van der Waals surface area (Å²) < 4.78 is 12.1. The van der Waals surface area contributed by atoms with Crippen LogP contribution < -0.4 is 5.32 Å². The number of rotatable bonds is 9. The number of ether oxygens (including phenoxy) is 2. The number of aromatic nitrogens is 1. The second kappa shape index (κ2) is 9.92. The van der Waals surface area contributed by atoms with Crippen molar-refractivity contribution < 1.29 is 19.1 Å². The maximum absolute atomic E-state index is 12.3. The Labute approximate surface area is 160 Å². The van der Waals surface area contributed by atoms with Crippen molar-refractivity contribution in [3.63, 3.8) is 0 Å². The highest BCUT2D eigenvalue weighted by molar-refractivity contribution is 5.92. The van der Waals surface area contributed by atoms with Gasteiger partial charge in [-0.15, -0.1) is 0 Å². The molecule has 0 aliphatic heterocycles. The molecule has 2 aromatic rings. The summed E-state index contributed by atoms with van der Waals surface area (Å²) in [6.07, 6.45) is 0.320. The number of carbonyl (C=O) groups excluding carboxylic acids is 2. The smallest absolute Gasteiger partial charge is 0.339 e. The molecule has 0 radical (unpaired) electrons. The minimum atomic E-state index is -0.341. The van der Waals surface area contributed by atoms with E-state index in [4.69, 9.17) is 9.47 Å². The van der Waals surface area contributed by atoms with E-state index in [1.165, 1.54) is 0 Å². The summed E-state index contributed by atoms with van der Waals surface area (Å²) in [5.41, 5.74) is 4.40. The third-order valence-electron chi connectivity index (χ3n) is 4.40. The standard InChI is InChI=1S/C21H28N2O4/c1-5-27-21(25)18-14-19(17-8-6-15(2)7-9-17)23(16(18)3)12-10-20(24)22-11-13-26-4/h6-9,14H,5,10-13H2,1-4H3,(H,22,24). The van der Waals surface area contributed by atoms with Crippen molar-refractivity contribution in [2.75, 3.05) is 26.9 Å². The average Bonchev–Trinajstić information content (AvgIpc) is 2.97. The van der Waals surface area contributed by atoms with Crippen LogP contribution in [0.3, 0.4) is 0 Å². The molecule has 0 saturated heterocycles. The summed E-state index contributed by atoms with van der Waals surface area (Å²) in [6, 6.07) is 9.95. The van der Waals surface area contributed by atoms with E-state index in [2.05, 4.69) is 5.32 Å². The summed E-state index contributed by atoms with van der Waals surface area (Å²) >= 11 is 0. The van der Waals surface area contributed by atoms with Gasteiger partial charge in [-0.25, -0.2) is 4.79 Å². The summed E-state index contributed by atoms with van der Waals surface area (Å²) in [5, 5.41) is 2.82. The van der Waals surface area contributed by atoms with Gasteiger partial charge in [0.2, 0.25) is 5.91 Å². The maximum Gasteiger partial charge on any atom is 0.339 e. The Bertz CT molecular complexity index is 778. The highest BCUT2D eigenvalue weighted by Crippen LogP contribution is 2.27. The number of amides is 1. The van der Waals surface area contributed by atoms with Crippen molar-refractivity contribution in [3.05, 3.63) is 47.2 Å². The fraction of sp³-hybridized carbons (Fsp3) is 0.429. The molecule has 27 heavy (non-hydrogen) atoms. The lowest BCUT2D eigenvalue weighted by atomic mass is 10.1. The topological polar surface area (TPSA) is 69.6 Å². The Morgan fingerprint density at radius 3 is 2.48 bits per heavy atom.